The Morgan fingerprint density at radius 1 is 1.61 bits per heavy atom. The number of aliphatic imine (C=N–C) groups is 1. The molecule has 9 heteroatoms. The number of nitrogens with zero attached hydrogens (tertiary/aromatic N) is 2. The van der Waals surface area contributed by atoms with Gasteiger partial charge in [-0.05, 0) is 19.3 Å². The van der Waals surface area contributed by atoms with Gasteiger partial charge < -0.3 is 16.3 Å². The molecule has 106 valence electrons. The van der Waals surface area contributed by atoms with Gasteiger partial charge in [0.15, 0.2) is 11.9 Å². The smallest absolute Gasteiger partial charge is 0.291 e. The first-order chi connectivity index (χ1) is 8.29. The van der Waals surface area contributed by atoms with Crippen molar-refractivity contribution in [2.75, 3.05) is 13.1 Å². The summed E-state index contributed by atoms with van der Waals surface area (Å²) in [5.74, 6) is 1.13. The SMILES string of the molecule is CCN/C(=N/CCC(C)C)NC(=N)N.O=[N+]([O-])O. The number of guanidine groups is 2. The van der Waals surface area contributed by atoms with Crippen LogP contribution in [0.1, 0.15) is 27.2 Å². The first kappa shape index (κ1) is 18.3. The Hall–Kier alpha value is -2.06. The molecular weight excluding hydrogens is 240 g/mol. The van der Waals surface area contributed by atoms with E-state index in [4.69, 9.17) is 26.5 Å². The van der Waals surface area contributed by atoms with Crippen LogP contribution < -0.4 is 16.4 Å². The quantitative estimate of drug-likeness (QED) is 0.210. The van der Waals surface area contributed by atoms with Crippen molar-refractivity contribution in [3.63, 3.8) is 0 Å². The zero-order valence-electron chi connectivity index (χ0n) is 10.9. The molecule has 0 saturated carbocycles. The summed E-state index contributed by atoms with van der Waals surface area (Å²) in [6.07, 6.45) is 1.04. The molecule has 0 radical (unpaired) electrons. The highest BCUT2D eigenvalue weighted by atomic mass is 16.9. The van der Waals surface area contributed by atoms with E-state index in [0.717, 1.165) is 19.5 Å². The minimum atomic E-state index is -1.50. The van der Waals surface area contributed by atoms with E-state index >= 15 is 0 Å². The summed E-state index contributed by atoms with van der Waals surface area (Å²) in [4.78, 5) is 12.6. The van der Waals surface area contributed by atoms with E-state index in [2.05, 4.69) is 29.5 Å². The van der Waals surface area contributed by atoms with E-state index in [1.807, 2.05) is 6.92 Å². The highest BCUT2D eigenvalue weighted by molar-refractivity contribution is 5.96. The van der Waals surface area contributed by atoms with Crippen LogP contribution in [0.3, 0.4) is 0 Å². The summed E-state index contributed by atoms with van der Waals surface area (Å²) in [5, 5.41) is 26.4. The standard InChI is InChI=1S/C9H21N5.HNO3/c1-4-12-9(14-8(10)11)13-6-5-7(2)3;2-1(3)4/h7H,4-6H2,1-3H3,(H5,10,11,12,13,14);(H,2,3,4). The molecule has 0 aliphatic carbocycles. The number of hydrogen-bond donors (Lipinski definition) is 5. The third-order valence-electron chi connectivity index (χ3n) is 1.57. The predicted molar refractivity (Wildman–Crippen MR) is 69.3 cm³/mol. The van der Waals surface area contributed by atoms with E-state index in [0.29, 0.717) is 11.9 Å². The molecule has 9 nitrogen and oxygen atoms in total. The summed E-state index contributed by atoms with van der Waals surface area (Å²) < 4.78 is 0. The van der Waals surface area contributed by atoms with Crippen molar-refractivity contribution in [1.82, 2.24) is 10.6 Å². The van der Waals surface area contributed by atoms with Crippen molar-refractivity contribution < 1.29 is 10.3 Å². The van der Waals surface area contributed by atoms with Gasteiger partial charge in [-0.1, -0.05) is 13.8 Å². The molecule has 0 unspecified atom stereocenters. The van der Waals surface area contributed by atoms with Gasteiger partial charge in [0.2, 0.25) is 0 Å². The molecular formula is C9H22N6O3. The maximum absolute atomic E-state index is 8.36. The lowest BCUT2D eigenvalue weighted by Crippen LogP contribution is -2.44. The van der Waals surface area contributed by atoms with Crippen LogP contribution >= 0.6 is 0 Å². The highest BCUT2D eigenvalue weighted by Gasteiger charge is 1.98. The molecule has 0 amide bonds. The molecule has 0 spiro atoms. The fourth-order valence-electron chi connectivity index (χ4n) is 0.869. The van der Waals surface area contributed by atoms with Crippen molar-refractivity contribution in [3.05, 3.63) is 10.1 Å². The average molecular weight is 262 g/mol. The van der Waals surface area contributed by atoms with Crippen LogP contribution in [0.2, 0.25) is 0 Å². The van der Waals surface area contributed by atoms with Gasteiger partial charge in [-0.25, -0.2) is 0 Å². The van der Waals surface area contributed by atoms with Gasteiger partial charge in [-0.3, -0.25) is 15.7 Å². The van der Waals surface area contributed by atoms with Gasteiger partial charge in [0, 0.05) is 13.1 Å². The molecule has 0 rings (SSSR count). The maximum Gasteiger partial charge on any atom is 0.291 e. The van der Waals surface area contributed by atoms with E-state index < -0.39 is 5.09 Å². The lowest BCUT2D eigenvalue weighted by molar-refractivity contribution is -0.742. The third-order valence-corrected chi connectivity index (χ3v) is 1.57. The number of rotatable bonds is 4. The van der Waals surface area contributed by atoms with Crippen LogP contribution in [0.5, 0.6) is 0 Å². The second-order valence-corrected chi connectivity index (χ2v) is 3.72. The number of nitrogens with two attached hydrogens (primary N) is 1. The van der Waals surface area contributed by atoms with Crippen molar-refractivity contribution in [1.29, 1.82) is 5.41 Å². The third kappa shape index (κ3) is 19.5. The molecule has 0 aliphatic rings. The van der Waals surface area contributed by atoms with Crippen molar-refractivity contribution >= 4 is 11.9 Å². The molecule has 0 aromatic rings. The number of hydrogen-bond acceptors (Lipinski definition) is 4. The Kier molecular flexibility index (Phi) is 11.6. The van der Waals surface area contributed by atoms with Gasteiger partial charge >= 0.3 is 0 Å². The topological polar surface area (TPSA) is 150 Å². The van der Waals surface area contributed by atoms with Crippen LogP contribution in [-0.2, 0) is 0 Å². The van der Waals surface area contributed by atoms with E-state index in [-0.39, 0.29) is 5.96 Å². The fourth-order valence-corrected chi connectivity index (χ4v) is 0.869. The van der Waals surface area contributed by atoms with Crippen LogP contribution in [0.4, 0.5) is 0 Å². The monoisotopic (exact) mass is 262 g/mol. The Morgan fingerprint density at radius 2 is 2.11 bits per heavy atom. The van der Waals surface area contributed by atoms with Crippen LogP contribution in [0.15, 0.2) is 4.99 Å². The van der Waals surface area contributed by atoms with E-state index in [9.17, 15) is 0 Å². The summed E-state index contributed by atoms with van der Waals surface area (Å²) in [6, 6.07) is 0. The van der Waals surface area contributed by atoms with Gasteiger partial charge in [-0.2, -0.15) is 0 Å². The zero-order valence-corrected chi connectivity index (χ0v) is 10.9. The molecule has 0 bridgehead atoms. The zero-order chi connectivity index (χ0) is 14.6. The van der Waals surface area contributed by atoms with E-state index in [1.54, 1.807) is 0 Å². The molecule has 0 fully saturated rings. The molecule has 0 aromatic carbocycles. The minimum absolute atomic E-state index is 0.0887. The summed E-state index contributed by atoms with van der Waals surface area (Å²) in [6.45, 7) is 7.79. The largest absolute Gasteiger partial charge is 0.370 e. The lowest BCUT2D eigenvalue weighted by atomic mass is 10.1. The lowest BCUT2D eigenvalue weighted by Gasteiger charge is -2.09. The molecule has 0 heterocycles. The van der Waals surface area contributed by atoms with Crippen molar-refractivity contribution in [2.45, 2.75) is 27.2 Å². The summed E-state index contributed by atoms with van der Waals surface area (Å²) in [5.41, 5.74) is 5.21. The first-order valence-electron chi connectivity index (χ1n) is 5.52. The summed E-state index contributed by atoms with van der Waals surface area (Å²) in [7, 11) is 0. The maximum atomic E-state index is 8.36. The van der Waals surface area contributed by atoms with Gasteiger partial charge in [0.25, 0.3) is 5.09 Å². The Labute approximate surface area is 106 Å². The van der Waals surface area contributed by atoms with Gasteiger partial charge in [0.05, 0.1) is 0 Å². The Bertz CT molecular complexity index is 275. The molecule has 0 aromatic heterocycles. The minimum Gasteiger partial charge on any atom is -0.370 e. The van der Waals surface area contributed by atoms with Crippen molar-refractivity contribution in [2.24, 2.45) is 16.6 Å². The highest BCUT2D eigenvalue weighted by Crippen LogP contribution is 1.98. The molecule has 0 saturated heterocycles. The molecule has 6 N–H and O–H groups in total. The Balaban J connectivity index is 0. The van der Waals surface area contributed by atoms with Crippen molar-refractivity contribution in [3.8, 4) is 0 Å². The summed E-state index contributed by atoms with van der Waals surface area (Å²) >= 11 is 0. The molecule has 18 heavy (non-hydrogen) atoms. The number of nitrogens with one attached hydrogen (secondary N) is 3. The Morgan fingerprint density at radius 3 is 2.44 bits per heavy atom. The van der Waals surface area contributed by atoms with Gasteiger partial charge in [0.1, 0.15) is 0 Å². The van der Waals surface area contributed by atoms with Crippen LogP contribution in [0.25, 0.3) is 0 Å². The first-order valence-corrected chi connectivity index (χ1v) is 5.52. The normalized spacial score (nSPS) is 10.3. The second kappa shape index (κ2) is 11.4. The second-order valence-electron chi connectivity index (χ2n) is 3.72. The van der Waals surface area contributed by atoms with Crippen LogP contribution in [0, 0.1) is 21.4 Å². The predicted octanol–water partition coefficient (Wildman–Crippen LogP) is 0.133. The average Bonchev–Trinajstić information content (AvgIpc) is 2.15. The van der Waals surface area contributed by atoms with Gasteiger partial charge in [-0.15, -0.1) is 10.1 Å². The van der Waals surface area contributed by atoms with E-state index in [1.165, 1.54) is 0 Å². The molecule has 0 atom stereocenters. The molecule has 0 aliphatic heterocycles. The van der Waals surface area contributed by atoms with Crippen LogP contribution in [-0.4, -0.2) is 35.3 Å². The fraction of sp³-hybridized carbons (Fsp3) is 0.778.